The third-order valence-corrected chi connectivity index (χ3v) is 5.41. The van der Waals surface area contributed by atoms with E-state index in [-0.39, 0.29) is 15.7 Å². The minimum Gasteiger partial charge on any atom is -0.448 e. The van der Waals surface area contributed by atoms with E-state index in [1.165, 1.54) is 19.0 Å². The summed E-state index contributed by atoms with van der Waals surface area (Å²) >= 11 is 0.637. The summed E-state index contributed by atoms with van der Waals surface area (Å²) in [5, 5.41) is 3.72. The summed E-state index contributed by atoms with van der Waals surface area (Å²) in [7, 11) is -0.659. The van der Waals surface area contributed by atoms with Gasteiger partial charge in [-0.25, -0.2) is 18.0 Å². The van der Waals surface area contributed by atoms with Gasteiger partial charge in [0, 0.05) is 20.4 Å². The highest BCUT2D eigenvalue weighted by atomic mass is 32.2. The van der Waals surface area contributed by atoms with E-state index in [0.29, 0.717) is 22.4 Å². The topological polar surface area (TPSA) is 111 Å². The van der Waals surface area contributed by atoms with Crippen LogP contribution < -0.4 is 4.80 Å². The van der Waals surface area contributed by atoms with Crippen molar-refractivity contribution < 1.29 is 22.7 Å². The molecule has 0 aliphatic carbocycles. The summed E-state index contributed by atoms with van der Waals surface area (Å²) in [6.45, 7) is 2.26. The average Bonchev–Trinajstić information content (AvgIpc) is 2.90. The van der Waals surface area contributed by atoms with Crippen LogP contribution in [0.3, 0.4) is 0 Å². The van der Waals surface area contributed by atoms with Gasteiger partial charge in [-0.1, -0.05) is 37.5 Å². The Morgan fingerprint density at radius 1 is 1.29 bits per heavy atom. The van der Waals surface area contributed by atoms with E-state index in [9.17, 15) is 18.0 Å². The second kappa shape index (κ2) is 8.92. The van der Waals surface area contributed by atoms with Crippen LogP contribution in [0, 0.1) is 0 Å². The maximum Gasteiger partial charge on any atom is 0.437 e. The molecule has 9 nitrogen and oxygen atoms in total. The lowest BCUT2D eigenvalue weighted by Crippen LogP contribution is -2.29. The fourth-order valence-corrected chi connectivity index (χ4v) is 3.20. The van der Waals surface area contributed by atoms with E-state index in [2.05, 4.69) is 17.0 Å². The summed E-state index contributed by atoms with van der Waals surface area (Å²) in [6, 6.07) is -0.636. The molecule has 1 aromatic rings. The number of hydrogen-bond acceptors (Lipinski definition) is 7. The Balaban J connectivity index is 3.05. The predicted molar refractivity (Wildman–Crippen MR) is 88.7 cm³/mol. The van der Waals surface area contributed by atoms with Gasteiger partial charge in [0.1, 0.15) is 0 Å². The van der Waals surface area contributed by atoms with Gasteiger partial charge >= 0.3 is 12.1 Å². The first kappa shape index (κ1) is 20.3. The zero-order valence-electron chi connectivity index (χ0n) is 14.2. The Morgan fingerprint density at radius 2 is 1.96 bits per heavy atom. The molecule has 1 aromatic heterocycles. The van der Waals surface area contributed by atoms with Crippen LogP contribution in [-0.4, -0.2) is 62.2 Å². The highest BCUT2D eigenvalue weighted by Gasteiger charge is 2.20. The Hall–Kier alpha value is -1.75. The SMILES string of the molecule is CCCCCCOC(=O)n1nc(S(C)(=O)=O)sc1=NC(=O)N(C)C. The number of carbonyl (C=O) groups is 2. The van der Waals surface area contributed by atoms with Gasteiger partial charge in [0.2, 0.25) is 19.0 Å². The van der Waals surface area contributed by atoms with Gasteiger partial charge in [0.15, 0.2) is 0 Å². The van der Waals surface area contributed by atoms with Crippen molar-refractivity contribution in [3.8, 4) is 0 Å². The summed E-state index contributed by atoms with van der Waals surface area (Å²) in [5.74, 6) is 0. The van der Waals surface area contributed by atoms with E-state index in [0.717, 1.165) is 25.5 Å². The molecule has 0 saturated carbocycles. The molecule has 1 rings (SSSR count). The molecule has 0 fully saturated rings. The number of unbranched alkanes of at least 4 members (excludes halogenated alkanes) is 3. The average molecular weight is 378 g/mol. The predicted octanol–water partition coefficient (Wildman–Crippen LogP) is 1.50. The van der Waals surface area contributed by atoms with Crippen LogP contribution in [-0.2, 0) is 14.6 Å². The van der Waals surface area contributed by atoms with Crippen molar-refractivity contribution in [1.82, 2.24) is 14.7 Å². The van der Waals surface area contributed by atoms with Crippen molar-refractivity contribution >= 4 is 33.3 Å². The van der Waals surface area contributed by atoms with Crippen molar-refractivity contribution in [2.75, 3.05) is 27.0 Å². The molecule has 0 unspecified atom stereocenters. The highest BCUT2D eigenvalue weighted by molar-refractivity contribution is 7.92. The number of nitrogens with zero attached hydrogens (tertiary/aromatic N) is 4. The molecular formula is C13H22N4O5S2. The molecule has 24 heavy (non-hydrogen) atoms. The number of ether oxygens (including phenoxy) is 1. The van der Waals surface area contributed by atoms with E-state index in [1.807, 2.05) is 0 Å². The molecule has 0 spiro atoms. The molecule has 0 aliphatic heterocycles. The standard InChI is InChI=1S/C13H22N4O5S2/c1-5-6-7-8-9-22-13(19)17-11(14-10(18)16(2)3)23-12(15-17)24(4,20)21/h5-9H2,1-4H3. The summed E-state index contributed by atoms with van der Waals surface area (Å²) in [5.41, 5.74) is 0. The third kappa shape index (κ3) is 6.04. The number of urea groups is 1. The van der Waals surface area contributed by atoms with E-state index < -0.39 is 22.0 Å². The second-order valence-electron chi connectivity index (χ2n) is 5.30. The van der Waals surface area contributed by atoms with Crippen LogP contribution in [0.4, 0.5) is 9.59 Å². The second-order valence-corrected chi connectivity index (χ2v) is 8.44. The van der Waals surface area contributed by atoms with Crippen molar-refractivity contribution in [1.29, 1.82) is 0 Å². The molecule has 0 radical (unpaired) electrons. The monoisotopic (exact) mass is 378 g/mol. The van der Waals surface area contributed by atoms with Crippen LogP contribution in [0.5, 0.6) is 0 Å². The Labute approximate surface area is 144 Å². The van der Waals surface area contributed by atoms with Crippen LogP contribution in [0.15, 0.2) is 9.33 Å². The first-order chi connectivity index (χ1) is 11.2. The van der Waals surface area contributed by atoms with E-state index >= 15 is 0 Å². The van der Waals surface area contributed by atoms with Crippen LogP contribution >= 0.6 is 11.3 Å². The molecular weight excluding hydrogens is 356 g/mol. The van der Waals surface area contributed by atoms with E-state index in [1.54, 1.807) is 0 Å². The molecule has 136 valence electrons. The zero-order chi connectivity index (χ0) is 18.3. The lowest BCUT2D eigenvalue weighted by Gasteiger charge is -2.05. The van der Waals surface area contributed by atoms with Gasteiger partial charge in [-0.3, -0.25) is 0 Å². The molecule has 1 heterocycles. The van der Waals surface area contributed by atoms with Crippen molar-refractivity contribution in [3.63, 3.8) is 0 Å². The molecule has 0 aliphatic rings. The van der Waals surface area contributed by atoms with Crippen molar-refractivity contribution in [3.05, 3.63) is 4.80 Å². The fraction of sp³-hybridized carbons (Fsp3) is 0.692. The molecule has 11 heteroatoms. The van der Waals surface area contributed by atoms with Gasteiger partial charge in [-0.15, -0.1) is 9.78 Å². The highest BCUT2D eigenvalue weighted by Crippen LogP contribution is 2.08. The minimum atomic E-state index is -3.63. The molecule has 0 aromatic carbocycles. The quantitative estimate of drug-likeness (QED) is 0.694. The zero-order valence-corrected chi connectivity index (χ0v) is 15.8. The number of carbonyl (C=O) groups excluding carboxylic acids is 2. The van der Waals surface area contributed by atoms with Gasteiger partial charge in [0.05, 0.1) is 6.61 Å². The molecule has 0 bridgehead atoms. The van der Waals surface area contributed by atoms with Crippen molar-refractivity contribution in [2.24, 2.45) is 4.99 Å². The number of sulfone groups is 1. The summed E-state index contributed by atoms with van der Waals surface area (Å²) in [6.07, 6.45) is 3.83. The van der Waals surface area contributed by atoms with Crippen molar-refractivity contribution in [2.45, 2.75) is 36.9 Å². The maximum absolute atomic E-state index is 12.1. The Bertz CT molecular complexity index is 749. The Kier molecular flexibility index (Phi) is 7.55. The largest absolute Gasteiger partial charge is 0.448 e. The summed E-state index contributed by atoms with van der Waals surface area (Å²) in [4.78, 5) is 28.6. The lowest BCUT2D eigenvalue weighted by atomic mass is 10.2. The first-order valence-electron chi connectivity index (χ1n) is 7.40. The Morgan fingerprint density at radius 3 is 2.50 bits per heavy atom. The normalized spacial score (nSPS) is 12.2. The number of amides is 2. The first-order valence-corrected chi connectivity index (χ1v) is 10.1. The number of hydrogen-bond donors (Lipinski definition) is 0. The summed E-state index contributed by atoms with van der Waals surface area (Å²) < 4.78 is 28.7. The molecule has 0 atom stereocenters. The van der Waals surface area contributed by atoms with Crippen LogP contribution in [0.2, 0.25) is 0 Å². The maximum atomic E-state index is 12.1. The number of aromatic nitrogens is 2. The molecule has 0 N–H and O–H groups in total. The third-order valence-electron chi connectivity index (χ3n) is 2.83. The molecule has 0 saturated heterocycles. The van der Waals surface area contributed by atoms with E-state index in [4.69, 9.17) is 4.74 Å². The molecule has 2 amide bonds. The van der Waals surface area contributed by atoms with Gasteiger partial charge in [-0.05, 0) is 6.42 Å². The van der Waals surface area contributed by atoms with Gasteiger partial charge in [-0.2, -0.15) is 4.99 Å². The minimum absolute atomic E-state index is 0.146. The smallest absolute Gasteiger partial charge is 0.437 e. The lowest BCUT2D eigenvalue weighted by molar-refractivity contribution is 0.140. The van der Waals surface area contributed by atoms with Crippen LogP contribution in [0.1, 0.15) is 32.6 Å². The van der Waals surface area contributed by atoms with Crippen LogP contribution in [0.25, 0.3) is 0 Å². The van der Waals surface area contributed by atoms with Gasteiger partial charge < -0.3 is 9.64 Å². The van der Waals surface area contributed by atoms with Gasteiger partial charge in [0.25, 0.3) is 0 Å². The fourth-order valence-electron chi connectivity index (χ4n) is 1.54. The number of rotatable bonds is 6.